The first-order chi connectivity index (χ1) is 14.6. The lowest BCUT2D eigenvalue weighted by atomic mass is 10.0. The van der Waals surface area contributed by atoms with Gasteiger partial charge in [0.15, 0.2) is 0 Å². The number of anilines is 2. The molecule has 1 aliphatic heterocycles. The van der Waals surface area contributed by atoms with E-state index in [1.807, 2.05) is 26.8 Å². The Hall–Kier alpha value is -3.68. The Morgan fingerprint density at radius 2 is 1.94 bits per heavy atom. The van der Waals surface area contributed by atoms with Crippen LogP contribution in [0.4, 0.5) is 21.9 Å². The van der Waals surface area contributed by atoms with Crippen molar-refractivity contribution < 1.29 is 19.2 Å². The monoisotopic (exact) mass is 423 g/mol. The van der Waals surface area contributed by atoms with E-state index in [1.165, 1.54) is 18.2 Å². The zero-order valence-electron chi connectivity index (χ0n) is 17.8. The number of ether oxygens (including phenoxy) is 1. The molecule has 0 unspecified atom stereocenters. The highest BCUT2D eigenvalue weighted by Gasteiger charge is 2.27. The minimum atomic E-state index is -0.581. The van der Waals surface area contributed by atoms with Crippen molar-refractivity contribution >= 4 is 35.1 Å². The van der Waals surface area contributed by atoms with Gasteiger partial charge in [0, 0.05) is 24.4 Å². The van der Waals surface area contributed by atoms with Crippen LogP contribution in [-0.4, -0.2) is 29.1 Å². The SMILES string of the molecule is CC(C)(C)OC(=O)N1CCCc2cc(NC(=O)/C=C/c3ccccc3[N+](=O)[O-])ccc21. The first-order valence-electron chi connectivity index (χ1n) is 10.00. The molecule has 0 aromatic heterocycles. The number of hydrogen-bond acceptors (Lipinski definition) is 5. The van der Waals surface area contributed by atoms with Crippen molar-refractivity contribution in [2.45, 2.75) is 39.2 Å². The summed E-state index contributed by atoms with van der Waals surface area (Å²) in [5, 5.41) is 13.8. The number of carbonyl (C=O) groups excluding carboxylic acids is 2. The molecule has 3 rings (SSSR count). The number of nitrogens with one attached hydrogen (secondary N) is 1. The number of benzene rings is 2. The molecule has 1 heterocycles. The molecule has 8 nitrogen and oxygen atoms in total. The van der Waals surface area contributed by atoms with E-state index in [4.69, 9.17) is 4.74 Å². The Labute approximate surface area is 180 Å². The minimum Gasteiger partial charge on any atom is -0.443 e. The van der Waals surface area contributed by atoms with E-state index in [0.717, 1.165) is 24.1 Å². The van der Waals surface area contributed by atoms with Crippen LogP contribution in [0.2, 0.25) is 0 Å². The van der Waals surface area contributed by atoms with Gasteiger partial charge < -0.3 is 10.1 Å². The predicted molar refractivity (Wildman–Crippen MR) is 119 cm³/mol. The highest BCUT2D eigenvalue weighted by Crippen LogP contribution is 2.31. The van der Waals surface area contributed by atoms with E-state index in [1.54, 1.807) is 35.2 Å². The largest absolute Gasteiger partial charge is 0.443 e. The van der Waals surface area contributed by atoms with Crippen molar-refractivity contribution in [1.82, 2.24) is 0 Å². The predicted octanol–water partition coefficient (Wildman–Crippen LogP) is 4.93. The van der Waals surface area contributed by atoms with E-state index in [-0.39, 0.29) is 5.69 Å². The van der Waals surface area contributed by atoms with Crippen LogP contribution in [0.15, 0.2) is 48.5 Å². The Kier molecular flexibility index (Phi) is 6.39. The summed E-state index contributed by atoms with van der Waals surface area (Å²) in [5.41, 5.74) is 2.00. The molecule has 0 spiro atoms. The van der Waals surface area contributed by atoms with Crippen LogP contribution in [0.1, 0.15) is 38.3 Å². The van der Waals surface area contributed by atoms with Crippen LogP contribution < -0.4 is 10.2 Å². The maximum atomic E-state index is 12.5. The fourth-order valence-electron chi connectivity index (χ4n) is 3.33. The molecule has 2 aromatic carbocycles. The van der Waals surface area contributed by atoms with Gasteiger partial charge in [0.1, 0.15) is 5.60 Å². The van der Waals surface area contributed by atoms with Crippen LogP contribution in [-0.2, 0) is 16.0 Å². The summed E-state index contributed by atoms with van der Waals surface area (Å²) < 4.78 is 5.49. The fourth-order valence-corrected chi connectivity index (χ4v) is 3.33. The fraction of sp³-hybridized carbons (Fsp3) is 0.304. The van der Waals surface area contributed by atoms with Gasteiger partial charge in [-0.3, -0.25) is 19.8 Å². The zero-order valence-corrected chi connectivity index (χ0v) is 17.8. The number of aryl methyl sites for hydroxylation is 1. The number of fused-ring (bicyclic) bond motifs is 1. The Balaban J connectivity index is 1.72. The van der Waals surface area contributed by atoms with Gasteiger partial charge in [-0.25, -0.2) is 4.79 Å². The third-order valence-corrected chi connectivity index (χ3v) is 4.63. The van der Waals surface area contributed by atoms with Gasteiger partial charge in [-0.1, -0.05) is 12.1 Å². The molecule has 0 bridgehead atoms. The van der Waals surface area contributed by atoms with Gasteiger partial charge in [-0.05, 0) is 69.5 Å². The van der Waals surface area contributed by atoms with Crippen molar-refractivity contribution in [2.24, 2.45) is 0 Å². The average molecular weight is 423 g/mol. The van der Waals surface area contributed by atoms with Gasteiger partial charge in [0.05, 0.1) is 16.2 Å². The topological polar surface area (TPSA) is 102 Å². The summed E-state index contributed by atoms with van der Waals surface area (Å²) in [6.45, 7) is 6.05. The number of hydrogen-bond donors (Lipinski definition) is 1. The molecule has 31 heavy (non-hydrogen) atoms. The van der Waals surface area contributed by atoms with Crippen LogP contribution in [0.5, 0.6) is 0 Å². The molecule has 8 heteroatoms. The second-order valence-corrected chi connectivity index (χ2v) is 8.22. The molecule has 0 saturated heterocycles. The van der Waals surface area contributed by atoms with Crippen molar-refractivity contribution in [3.63, 3.8) is 0 Å². The molecule has 0 atom stereocenters. The van der Waals surface area contributed by atoms with Crippen LogP contribution in [0.25, 0.3) is 6.08 Å². The average Bonchev–Trinajstić information content (AvgIpc) is 2.70. The normalized spacial score (nSPS) is 13.6. The maximum absolute atomic E-state index is 12.5. The van der Waals surface area contributed by atoms with Gasteiger partial charge >= 0.3 is 6.09 Å². The summed E-state index contributed by atoms with van der Waals surface area (Å²) in [5.74, 6) is -0.405. The first kappa shape index (κ1) is 22.0. The summed E-state index contributed by atoms with van der Waals surface area (Å²) in [7, 11) is 0. The molecular formula is C23H25N3O5. The Morgan fingerprint density at radius 1 is 1.19 bits per heavy atom. The maximum Gasteiger partial charge on any atom is 0.414 e. The first-order valence-corrected chi connectivity index (χ1v) is 10.00. The van der Waals surface area contributed by atoms with Gasteiger partial charge in [-0.15, -0.1) is 0 Å². The molecule has 0 radical (unpaired) electrons. The van der Waals surface area contributed by atoms with E-state index >= 15 is 0 Å². The third-order valence-electron chi connectivity index (χ3n) is 4.63. The summed E-state index contributed by atoms with van der Waals surface area (Å²) >= 11 is 0. The smallest absolute Gasteiger partial charge is 0.414 e. The molecule has 2 amide bonds. The van der Waals surface area contributed by atoms with Gasteiger partial charge in [0.2, 0.25) is 5.91 Å². The molecule has 2 aromatic rings. The van der Waals surface area contributed by atoms with Gasteiger partial charge in [0.25, 0.3) is 5.69 Å². The molecule has 0 aliphatic carbocycles. The second kappa shape index (κ2) is 8.99. The molecule has 0 fully saturated rings. The lowest BCUT2D eigenvalue weighted by Gasteiger charge is -2.32. The van der Waals surface area contributed by atoms with E-state index < -0.39 is 22.5 Å². The molecule has 162 valence electrons. The number of nitro groups is 1. The number of nitrogens with zero attached hydrogens (tertiary/aromatic N) is 2. The summed E-state index contributed by atoms with van der Waals surface area (Å²) in [6.07, 6.45) is 3.86. The molecule has 0 saturated carbocycles. The Morgan fingerprint density at radius 3 is 2.65 bits per heavy atom. The van der Waals surface area contributed by atoms with Crippen molar-refractivity contribution in [2.75, 3.05) is 16.8 Å². The lowest BCUT2D eigenvalue weighted by Crippen LogP contribution is -2.39. The minimum absolute atomic E-state index is 0.0671. The summed E-state index contributed by atoms with van der Waals surface area (Å²) in [4.78, 5) is 37.0. The number of amides is 2. The van der Waals surface area contributed by atoms with Crippen LogP contribution in [0, 0.1) is 10.1 Å². The Bertz CT molecular complexity index is 1040. The zero-order chi connectivity index (χ0) is 22.6. The number of nitro benzene ring substituents is 1. The van der Waals surface area contributed by atoms with Crippen molar-refractivity contribution in [3.05, 3.63) is 69.8 Å². The standard InChI is InChI=1S/C23H25N3O5/c1-23(2,3)31-22(28)25-14-6-8-17-15-18(11-12-19(17)25)24-21(27)13-10-16-7-4-5-9-20(16)26(29)30/h4-5,7,9-13,15H,6,8,14H2,1-3H3,(H,24,27)/b13-10+. The highest BCUT2D eigenvalue weighted by molar-refractivity contribution is 6.02. The van der Waals surface area contributed by atoms with Crippen LogP contribution >= 0.6 is 0 Å². The third kappa shape index (κ3) is 5.69. The lowest BCUT2D eigenvalue weighted by molar-refractivity contribution is -0.385. The van der Waals surface area contributed by atoms with E-state index in [2.05, 4.69) is 5.32 Å². The molecule has 1 N–H and O–H groups in total. The number of carbonyl (C=O) groups is 2. The number of para-hydroxylation sites is 1. The van der Waals surface area contributed by atoms with Gasteiger partial charge in [-0.2, -0.15) is 0 Å². The molecular weight excluding hydrogens is 398 g/mol. The molecule has 1 aliphatic rings. The second-order valence-electron chi connectivity index (χ2n) is 8.22. The van der Waals surface area contributed by atoms with Crippen LogP contribution in [0.3, 0.4) is 0 Å². The van der Waals surface area contributed by atoms with E-state index in [0.29, 0.717) is 17.8 Å². The summed E-state index contributed by atoms with van der Waals surface area (Å²) in [6, 6.07) is 11.6. The van der Waals surface area contributed by atoms with Crippen molar-refractivity contribution in [1.29, 1.82) is 0 Å². The van der Waals surface area contributed by atoms with E-state index in [9.17, 15) is 19.7 Å². The quantitative estimate of drug-likeness (QED) is 0.427. The van der Waals surface area contributed by atoms with Crippen molar-refractivity contribution in [3.8, 4) is 0 Å². The highest BCUT2D eigenvalue weighted by atomic mass is 16.6. The number of rotatable bonds is 4.